The summed E-state index contributed by atoms with van der Waals surface area (Å²) in [7, 11) is 0. The Hall–Kier alpha value is -2.50. The molecule has 19 heavy (non-hydrogen) atoms. The van der Waals surface area contributed by atoms with Crippen molar-refractivity contribution < 1.29 is 14.3 Å². The topological polar surface area (TPSA) is 90.2 Å². The number of carbonyl (C=O) groups is 1. The quantitative estimate of drug-likeness (QED) is 0.650. The number of nitrogens with one attached hydrogen (secondary N) is 1. The van der Waals surface area contributed by atoms with E-state index in [1.807, 2.05) is 6.92 Å². The van der Waals surface area contributed by atoms with Crippen LogP contribution in [0.3, 0.4) is 0 Å². The standard InChI is InChI=1S/C13H15N3O3/c1-3-18-13(17)9-4-5-10(14)11(7-9)19-12-6-8(2)15-16-12/h4-7H,3,14H2,1-2H3,(H,15,16). The smallest absolute Gasteiger partial charge is 0.338 e. The Labute approximate surface area is 110 Å². The molecule has 0 amide bonds. The molecule has 2 aromatic rings. The molecule has 0 bridgehead atoms. The van der Waals surface area contributed by atoms with E-state index in [0.29, 0.717) is 29.5 Å². The fourth-order valence-corrected chi connectivity index (χ4v) is 1.52. The first-order valence-electron chi connectivity index (χ1n) is 5.86. The van der Waals surface area contributed by atoms with Crippen molar-refractivity contribution in [3.05, 3.63) is 35.5 Å². The van der Waals surface area contributed by atoms with Gasteiger partial charge in [0.05, 0.1) is 17.9 Å². The molecule has 0 saturated heterocycles. The molecular weight excluding hydrogens is 246 g/mol. The second kappa shape index (κ2) is 5.43. The van der Waals surface area contributed by atoms with Gasteiger partial charge < -0.3 is 15.2 Å². The Morgan fingerprint density at radius 3 is 2.84 bits per heavy atom. The van der Waals surface area contributed by atoms with Crippen molar-refractivity contribution in [1.29, 1.82) is 0 Å². The van der Waals surface area contributed by atoms with Crippen LogP contribution in [0.2, 0.25) is 0 Å². The average molecular weight is 261 g/mol. The van der Waals surface area contributed by atoms with E-state index in [0.717, 1.165) is 5.69 Å². The number of nitrogen functional groups attached to an aromatic ring is 1. The maximum Gasteiger partial charge on any atom is 0.338 e. The van der Waals surface area contributed by atoms with Crippen molar-refractivity contribution in [2.24, 2.45) is 0 Å². The number of aromatic amines is 1. The molecule has 0 unspecified atom stereocenters. The third-order valence-corrected chi connectivity index (χ3v) is 2.42. The highest BCUT2D eigenvalue weighted by Gasteiger charge is 2.11. The van der Waals surface area contributed by atoms with Crippen molar-refractivity contribution in [3.8, 4) is 11.6 Å². The maximum absolute atomic E-state index is 11.6. The van der Waals surface area contributed by atoms with Crippen molar-refractivity contribution in [1.82, 2.24) is 10.2 Å². The first-order valence-corrected chi connectivity index (χ1v) is 5.86. The number of H-pyrrole nitrogens is 1. The van der Waals surface area contributed by atoms with Gasteiger partial charge in [0, 0.05) is 11.8 Å². The molecule has 6 nitrogen and oxygen atoms in total. The van der Waals surface area contributed by atoms with Gasteiger partial charge in [0.25, 0.3) is 0 Å². The Balaban J connectivity index is 2.24. The molecule has 0 spiro atoms. The van der Waals surface area contributed by atoms with E-state index in [1.54, 1.807) is 25.1 Å². The van der Waals surface area contributed by atoms with Crippen LogP contribution in [0.4, 0.5) is 5.69 Å². The van der Waals surface area contributed by atoms with E-state index in [-0.39, 0.29) is 0 Å². The van der Waals surface area contributed by atoms with Gasteiger partial charge in [0.2, 0.25) is 5.88 Å². The van der Waals surface area contributed by atoms with Gasteiger partial charge >= 0.3 is 5.97 Å². The minimum Gasteiger partial charge on any atom is -0.462 e. The predicted octanol–water partition coefficient (Wildman–Crippen LogP) is 2.27. The molecule has 100 valence electrons. The zero-order valence-electron chi connectivity index (χ0n) is 10.8. The number of hydrogen-bond acceptors (Lipinski definition) is 5. The first-order chi connectivity index (χ1) is 9.10. The van der Waals surface area contributed by atoms with Crippen LogP contribution < -0.4 is 10.5 Å². The third-order valence-electron chi connectivity index (χ3n) is 2.42. The molecule has 0 aliphatic rings. The molecule has 1 aromatic carbocycles. The van der Waals surface area contributed by atoms with Crippen molar-refractivity contribution in [2.75, 3.05) is 12.3 Å². The van der Waals surface area contributed by atoms with Gasteiger partial charge in [-0.05, 0) is 32.0 Å². The van der Waals surface area contributed by atoms with Crippen LogP contribution in [0.5, 0.6) is 11.6 Å². The first kappa shape index (κ1) is 12.9. The van der Waals surface area contributed by atoms with E-state index >= 15 is 0 Å². The molecule has 6 heteroatoms. The molecule has 0 fully saturated rings. The Kier molecular flexibility index (Phi) is 3.70. The normalized spacial score (nSPS) is 10.2. The Morgan fingerprint density at radius 1 is 1.42 bits per heavy atom. The number of hydrogen-bond donors (Lipinski definition) is 2. The number of rotatable bonds is 4. The molecule has 0 aliphatic carbocycles. The molecule has 0 radical (unpaired) electrons. The largest absolute Gasteiger partial charge is 0.462 e. The molecular formula is C13H15N3O3. The van der Waals surface area contributed by atoms with Crippen molar-refractivity contribution in [3.63, 3.8) is 0 Å². The van der Waals surface area contributed by atoms with Crippen LogP contribution in [0.15, 0.2) is 24.3 Å². The molecule has 1 heterocycles. The number of nitrogens with zero attached hydrogens (tertiary/aromatic N) is 1. The fourth-order valence-electron chi connectivity index (χ4n) is 1.52. The molecule has 3 N–H and O–H groups in total. The van der Waals surface area contributed by atoms with Gasteiger partial charge in [0.1, 0.15) is 0 Å². The van der Waals surface area contributed by atoms with E-state index < -0.39 is 5.97 Å². The predicted molar refractivity (Wildman–Crippen MR) is 70.2 cm³/mol. The summed E-state index contributed by atoms with van der Waals surface area (Å²) in [5, 5.41) is 6.70. The lowest BCUT2D eigenvalue weighted by Gasteiger charge is -2.08. The monoisotopic (exact) mass is 261 g/mol. The van der Waals surface area contributed by atoms with Crippen LogP contribution in [0.1, 0.15) is 23.0 Å². The highest BCUT2D eigenvalue weighted by molar-refractivity contribution is 5.90. The van der Waals surface area contributed by atoms with E-state index in [1.165, 1.54) is 6.07 Å². The summed E-state index contributed by atoms with van der Waals surface area (Å²) in [6.07, 6.45) is 0. The lowest BCUT2D eigenvalue weighted by atomic mass is 10.2. The molecule has 1 aromatic heterocycles. The van der Waals surface area contributed by atoms with Crippen LogP contribution in [0, 0.1) is 6.92 Å². The van der Waals surface area contributed by atoms with Gasteiger partial charge in [-0.2, -0.15) is 0 Å². The molecule has 0 aliphatic heterocycles. The van der Waals surface area contributed by atoms with Crippen LogP contribution in [-0.4, -0.2) is 22.8 Å². The SMILES string of the molecule is CCOC(=O)c1ccc(N)c(Oc2cc(C)[nH]n2)c1. The molecule has 0 atom stereocenters. The number of benzene rings is 1. The molecule has 0 saturated carbocycles. The van der Waals surface area contributed by atoms with E-state index in [2.05, 4.69) is 10.2 Å². The zero-order valence-corrected chi connectivity index (χ0v) is 10.8. The number of aromatic nitrogens is 2. The summed E-state index contributed by atoms with van der Waals surface area (Å²) in [5.74, 6) is 0.354. The van der Waals surface area contributed by atoms with Crippen molar-refractivity contribution >= 4 is 11.7 Å². The minimum atomic E-state index is -0.412. The summed E-state index contributed by atoms with van der Waals surface area (Å²) in [5.41, 5.74) is 7.49. The summed E-state index contributed by atoms with van der Waals surface area (Å²) < 4.78 is 10.4. The van der Waals surface area contributed by atoms with Gasteiger partial charge in [0.15, 0.2) is 5.75 Å². The second-order valence-electron chi connectivity index (χ2n) is 3.96. The minimum absolute atomic E-state index is 0.317. The van der Waals surface area contributed by atoms with Crippen LogP contribution >= 0.6 is 0 Å². The lowest BCUT2D eigenvalue weighted by Crippen LogP contribution is -2.05. The van der Waals surface area contributed by atoms with Gasteiger partial charge in [-0.25, -0.2) is 4.79 Å². The highest BCUT2D eigenvalue weighted by atomic mass is 16.5. The number of aryl methyl sites for hydroxylation is 1. The number of esters is 1. The number of carbonyl (C=O) groups excluding carboxylic acids is 1. The second-order valence-corrected chi connectivity index (χ2v) is 3.96. The molecule has 2 rings (SSSR count). The summed E-state index contributed by atoms with van der Waals surface area (Å²) in [6, 6.07) is 6.46. The lowest BCUT2D eigenvalue weighted by molar-refractivity contribution is 0.0526. The summed E-state index contributed by atoms with van der Waals surface area (Å²) in [4.78, 5) is 11.6. The fraction of sp³-hybridized carbons (Fsp3) is 0.231. The Morgan fingerprint density at radius 2 is 2.21 bits per heavy atom. The van der Waals surface area contributed by atoms with E-state index in [4.69, 9.17) is 15.2 Å². The summed E-state index contributed by atoms with van der Waals surface area (Å²) in [6.45, 7) is 3.93. The maximum atomic E-state index is 11.6. The van der Waals surface area contributed by atoms with Gasteiger partial charge in [-0.3, -0.25) is 5.10 Å². The zero-order chi connectivity index (χ0) is 13.8. The third kappa shape index (κ3) is 3.04. The van der Waals surface area contributed by atoms with Gasteiger partial charge in [-0.1, -0.05) is 0 Å². The summed E-state index contributed by atoms with van der Waals surface area (Å²) >= 11 is 0. The van der Waals surface area contributed by atoms with Crippen LogP contribution in [0.25, 0.3) is 0 Å². The van der Waals surface area contributed by atoms with Crippen LogP contribution in [-0.2, 0) is 4.74 Å². The van der Waals surface area contributed by atoms with E-state index in [9.17, 15) is 4.79 Å². The average Bonchev–Trinajstić information content (AvgIpc) is 2.78. The number of ether oxygens (including phenoxy) is 2. The number of nitrogens with two attached hydrogens (primary N) is 1. The highest BCUT2D eigenvalue weighted by Crippen LogP contribution is 2.27. The Bertz CT molecular complexity index is 593. The number of anilines is 1. The van der Waals surface area contributed by atoms with Gasteiger partial charge in [-0.15, -0.1) is 5.10 Å². The van der Waals surface area contributed by atoms with Crippen molar-refractivity contribution in [2.45, 2.75) is 13.8 Å².